The van der Waals surface area contributed by atoms with E-state index in [1.807, 2.05) is 0 Å². The van der Waals surface area contributed by atoms with Gasteiger partial charge in [0.1, 0.15) is 0 Å². The van der Waals surface area contributed by atoms with Crippen LogP contribution in [0.1, 0.15) is 18.7 Å². The summed E-state index contributed by atoms with van der Waals surface area (Å²) in [5.74, 6) is -4.29. The van der Waals surface area contributed by atoms with Crippen molar-refractivity contribution in [2.45, 2.75) is 31.2 Å². The summed E-state index contributed by atoms with van der Waals surface area (Å²) in [6, 6.07) is -4.33. The minimum Gasteiger partial charge on any atom is -0.197 e. The first-order chi connectivity index (χ1) is 6.45. The SMILES string of the molecule is FC1(F)CCCc2nnnn2C1(F)F. The van der Waals surface area contributed by atoms with E-state index in [-0.39, 0.29) is 23.3 Å². The minimum atomic E-state index is -4.33. The van der Waals surface area contributed by atoms with Gasteiger partial charge in [-0.25, -0.2) is 0 Å². The molecule has 0 spiro atoms. The maximum absolute atomic E-state index is 13.1. The lowest BCUT2D eigenvalue weighted by Gasteiger charge is -2.23. The normalized spacial score (nSPS) is 24.0. The minimum absolute atomic E-state index is 0.0399. The van der Waals surface area contributed by atoms with Crippen LogP contribution in [0, 0.1) is 0 Å². The summed E-state index contributed by atoms with van der Waals surface area (Å²) >= 11 is 0. The molecule has 0 amide bonds. The molecule has 78 valence electrons. The van der Waals surface area contributed by atoms with Crippen LogP contribution in [0.15, 0.2) is 0 Å². The van der Waals surface area contributed by atoms with Crippen molar-refractivity contribution in [3.05, 3.63) is 5.82 Å². The van der Waals surface area contributed by atoms with Crippen LogP contribution in [0.25, 0.3) is 0 Å². The monoisotopic (exact) mass is 210 g/mol. The number of aryl methyl sites for hydroxylation is 1. The van der Waals surface area contributed by atoms with Crippen LogP contribution in [0.5, 0.6) is 0 Å². The lowest BCUT2D eigenvalue weighted by Crippen LogP contribution is -2.43. The van der Waals surface area contributed by atoms with E-state index in [2.05, 4.69) is 15.5 Å². The first kappa shape index (κ1) is 9.35. The molecule has 0 fully saturated rings. The van der Waals surface area contributed by atoms with Gasteiger partial charge in [-0.15, -0.1) is 5.10 Å². The fraction of sp³-hybridized carbons (Fsp3) is 0.833. The topological polar surface area (TPSA) is 43.6 Å². The van der Waals surface area contributed by atoms with Crippen LogP contribution < -0.4 is 0 Å². The van der Waals surface area contributed by atoms with Gasteiger partial charge in [-0.3, -0.25) is 0 Å². The molecule has 1 aromatic rings. The van der Waals surface area contributed by atoms with Crippen LogP contribution in [-0.2, 0) is 12.5 Å². The third-order valence-electron chi connectivity index (χ3n) is 2.13. The third kappa shape index (κ3) is 1.09. The zero-order chi connectivity index (χ0) is 10.4. The Morgan fingerprint density at radius 2 is 1.93 bits per heavy atom. The molecule has 0 N–H and O–H groups in total. The van der Waals surface area contributed by atoms with Gasteiger partial charge < -0.3 is 0 Å². The number of halogens is 4. The summed E-state index contributed by atoms with van der Waals surface area (Å²) in [5.41, 5.74) is 0. The Labute approximate surface area is 75.9 Å². The summed E-state index contributed by atoms with van der Waals surface area (Å²) in [6.45, 7) is 0. The smallest absolute Gasteiger partial charge is 0.197 e. The van der Waals surface area contributed by atoms with E-state index in [1.165, 1.54) is 0 Å². The van der Waals surface area contributed by atoms with Crippen LogP contribution >= 0.6 is 0 Å². The van der Waals surface area contributed by atoms with Gasteiger partial charge in [-0.05, 0) is 16.8 Å². The van der Waals surface area contributed by atoms with Gasteiger partial charge in [0.15, 0.2) is 5.82 Å². The van der Waals surface area contributed by atoms with Gasteiger partial charge >= 0.3 is 12.0 Å². The highest BCUT2D eigenvalue weighted by atomic mass is 19.3. The number of fused-ring (bicyclic) bond motifs is 1. The highest BCUT2D eigenvalue weighted by Gasteiger charge is 2.60. The van der Waals surface area contributed by atoms with Crippen molar-refractivity contribution < 1.29 is 17.6 Å². The average Bonchev–Trinajstić information content (AvgIpc) is 2.48. The Morgan fingerprint density at radius 3 is 2.64 bits per heavy atom. The van der Waals surface area contributed by atoms with E-state index in [0.29, 0.717) is 0 Å². The zero-order valence-electron chi connectivity index (χ0n) is 6.92. The van der Waals surface area contributed by atoms with Crippen molar-refractivity contribution in [3.8, 4) is 0 Å². The van der Waals surface area contributed by atoms with Crippen molar-refractivity contribution in [3.63, 3.8) is 0 Å². The molecule has 0 unspecified atom stereocenters. The van der Waals surface area contributed by atoms with Crippen LogP contribution in [0.3, 0.4) is 0 Å². The van der Waals surface area contributed by atoms with Crippen molar-refractivity contribution in [1.29, 1.82) is 0 Å². The molecule has 1 aliphatic rings. The molecular weight excluding hydrogens is 204 g/mol. The van der Waals surface area contributed by atoms with E-state index in [1.54, 1.807) is 0 Å². The van der Waals surface area contributed by atoms with E-state index < -0.39 is 18.4 Å². The second-order valence-corrected chi connectivity index (χ2v) is 3.11. The molecule has 0 radical (unpaired) electrons. The third-order valence-corrected chi connectivity index (χ3v) is 2.13. The van der Waals surface area contributed by atoms with Crippen molar-refractivity contribution >= 4 is 0 Å². The molecule has 0 saturated carbocycles. The number of hydrogen-bond donors (Lipinski definition) is 0. The Morgan fingerprint density at radius 1 is 1.21 bits per heavy atom. The summed E-state index contributed by atoms with van der Waals surface area (Å²) in [6.07, 6.45) is -0.883. The molecule has 2 rings (SSSR count). The number of nitrogens with zero attached hydrogens (tertiary/aromatic N) is 4. The standard InChI is InChI=1S/C6H6F4N4/c7-5(8)3-1-2-4-11-12-13-14(4)6(5,9)10/h1-3H2. The number of aromatic nitrogens is 4. The molecule has 8 heteroatoms. The molecular formula is C6H6F4N4. The number of alkyl halides is 4. The summed E-state index contributed by atoms with van der Waals surface area (Å²) < 4.78 is 52.1. The lowest BCUT2D eigenvalue weighted by molar-refractivity contribution is -0.266. The molecule has 1 aromatic heterocycles. The first-order valence-corrected chi connectivity index (χ1v) is 3.98. The molecule has 14 heavy (non-hydrogen) atoms. The number of tetrazole rings is 1. The molecule has 0 bridgehead atoms. The Balaban J connectivity index is 2.53. The van der Waals surface area contributed by atoms with Crippen molar-refractivity contribution in [2.75, 3.05) is 0 Å². The zero-order valence-corrected chi connectivity index (χ0v) is 6.92. The van der Waals surface area contributed by atoms with Gasteiger partial charge in [0, 0.05) is 12.8 Å². The Hall–Kier alpha value is -1.21. The maximum atomic E-state index is 13.1. The van der Waals surface area contributed by atoms with Crippen molar-refractivity contribution in [2.24, 2.45) is 0 Å². The fourth-order valence-corrected chi connectivity index (χ4v) is 1.35. The largest absolute Gasteiger partial charge is 0.409 e. The maximum Gasteiger partial charge on any atom is 0.409 e. The molecule has 0 aliphatic carbocycles. The predicted molar refractivity (Wildman–Crippen MR) is 35.9 cm³/mol. The molecule has 1 aliphatic heterocycles. The van der Waals surface area contributed by atoms with Crippen LogP contribution in [-0.4, -0.2) is 26.1 Å². The first-order valence-electron chi connectivity index (χ1n) is 3.98. The highest BCUT2D eigenvalue weighted by molar-refractivity contribution is 4.94. The van der Waals surface area contributed by atoms with Gasteiger partial charge in [0.25, 0.3) is 0 Å². The summed E-state index contributed by atoms with van der Waals surface area (Å²) in [4.78, 5) is 0. The van der Waals surface area contributed by atoms with E-state index in [0.717, 1.165) is 0 Å². The summed E-state index contributed by atoms with van der Waals surface area (Å²) in [7, 11) is 0. The van der Waals surface area contributed by atoms with Crippen molar-refractivity contribution in [1.82, 2.24) is 20.2 Å². The van der Waals surface area contributed by atoms with Crippen LogP contribution in [0.4, 0.5) is 17.6 Å². The van der Waals surface area contributed by atoms with Gasteiger partial charge in [0.2, 0.25) is 0 Å². The van der Waals surface area contributed by atoms with E-state index in [9.17, 15) is 17.6 Å². The molecule has 4 nitrogen and oxygen atoms in total. The number of hydrogen-bond acceptors (Lipinski definition) is 3. The summed E-state index contributed by atoms with van der Waals surface area (Å²) in [5, 5.41) is 9.11. The molecule has 0 aromatic carbocycles. The van der Waals surface area contributed by atoms with E-state index >= 15 is 0 Å². The lowest BCUT2D eigenvalue weighted by atomic mass is 10.1. The predicted octanol–water partition coefficient (Wildman–Crippen LogP) is 1.19. The van der Waals surface area contributed by atoms with Crippen LogP contribution in [0.2, 0.25) is 0 Å². The van der Waals surface area contributed by atoms with Gasteiger partial charge in [-0.1, -0.05) is 0 Å². The Kier molecular flexibility index (Phi) is 1.76. The molecule has 2 heterocycles. The molecule has 0 atom stereocenters. The van der Waals surface area contributed by atoms with E-state index in [4.69, 9.17) is 0 Å². The second-order valence-electron chi connectivity index (χ2n) is 3.11. The second kappa shape index (κ2) is 2.64. The molecule has 0 saturated heterocycles. The number of rotatable bonds is 0. The highest BCUT2D eigenvalue weighted by Crippen LogP contribution is 2.43. The average molecular weight is 210 g/mol. The quantitative estimate of drug-likeness (QED) is 0.604. The Bertz CT molecular complexity index is 347. The fourth-order valence-electron chi connectivity index (χ4n) is 1.35. The van der Waals surface area contributed by atoms with Gasteiger partial charge in [0.05, 0.1) is 0 Å². The van der Waals surface area contributed by atoms with Gasteiger partial charge in [-0.2, -0.15) is 22.2 Å².